The fourth-order valence-electron chi connectivity index (χ4n) is 2.58. The van der Waals surface area contributed by atoms with Gasteiger partial charge in [0.2, 0.25) is 5.95 Å². The van der Waals surface area contributed by atoms with Crippen molar-refractivity contribution in [2.45, 2.75) is 39.2 Å². The summed E-state index contributed by atoms with van der Waals surface area (Å²) in [5.74, 6) is 0.266. The van der Waals surface area contributed by atoms with Crippen LogP contribution in [0.4, 0.5) is 4.39 Å². The van der Waals surface area contributed by atoms with Crippen LogP contribution in [0, 0.1) is 17.8 Å². The molecule has 0 saturated heterocycles. The van der Waals surface area contributed by atoms with Gasteiger partial charge in [-0.15, -0.1) is 0 Å². The highest BCUT2D eigenvalue weighted by molar-refractivity contribution is 5.94. The summed E-state index contributed by atoms with van der Waals surface area (Å²) in [4.78, 5) is 15.5. The lowest BCUT2D eigenvalue weighted by Crippen LogP contribution is -2.43. The third kappa shape index (κ3) is 2.86. The molecule has 0 radical (unpaired) electrons. The number of nitrogens with one attached hydrogen (secondary N) is 1. The summed E-state index contributed by atoms with van der Waals surface area (Å²) in [5, 5.41) is 3.01. The fourth-order valence-corrected chi connectivity index (χ4v) is 2.58. The van der Waals surface area contributed by atoms with Crippen LogP contribution in [0.25, 0.3) is 0 Å². The van der Waals surface area contributed by atoms with Gasteiger partial charge in [-0.25, -0.2) is 4.98 Å². The van der Waals surface area contributed by atoms with E-state index in [4.69, 9.17) is 0 Å². The Hall–Kier alpha value is -1.45. The molecule has 0 bridgehead atoms. The lowest BCUT2D eigenvalue weighted by Gasteiger charge is -2.34. The van der Waals surface area contributed by atoms with Crippen molar-refractivity contribution in [3.8, 4) is 0 Å². The van der Waals surface area contributed by atoms with E-state index in [0.29, 0.717) is 17.4 Å². The molecule has 0 spiro atoms. The van der Waals surface area contributed by atoms with Gasteiger partial charge in [0.05, 0.1) is 0 Å². The summed E-state index contributed by atoms with van der Waals surface area (Å²) in [6.07, 6.45) is 4.68. The Bertz CT molecular complexity index is 436. The summed E-state index contributed by atoms with van der Waals surface area (Å²) < 4.78 is 13.0. The highest BCUT2D eigenvalue weighted by Gasteiger charge is 2.28. The predicted molar refractivity (Wildman–Crippen MR) is 67.6 cm³/mol. The zero-order chi connectivity index (χ0) is 13.1. The molecule has 1 N–H and O–H groups in total. The first-order valence-electron chi connectivity index (χ1n) is 6.50. The maximum absolute atomic E-state index is 13.0. The molecular weight excluding hydrogens is 231 g/mol. The molecule has 0 aromatic carbocycles. The van der Waals surface area contributed by atoms with Gasteiger partial charge in [0.15, 0.2) is 0 Å². The predicted octanol–water partition coefficient (Wildman–Crippen LogP) is 2.78. The molecule has 3 atom stereocenters. The Morgan fingerprint density at radius 2 is 2.22 bits per heavy atom. The average molecular weight is 250 g/mol. The summed E-state index contributed by atoms with van der Waals surface area (Å²) in [6.45, 7) is 4.39. The van der Waals surface area contributed by atoms with Crippen molar-refractivity contribution in [2.75, 3.05) is 0 Å². The Labute approximate surface area is 107 Å². The second-order valence-corrected chi connectivity index (χ2v) is 5.21. The topological polar surface area (TPSA) is 42.0 Å². The number of carbonyl (C=O) groups excluding carboxylic acids is 1. The van der Waals surface area contributed by atoms with E-state index in [9.17, 15) is 9.18 Å². The molecule has 0 aliphatic heterocycles. The van der Waals surface area contributed by atoms with Gasteiger partial charge < -0.3 is 5.32 Å². The number of pyridine rings is 1. The summed E-state index contributed by atoms with van der Waals surface area (Å²) in [5.41, 5.74) is 0.341. The molecule has 2 rings (SSSR count). The van der Waals surface area contributed by atoms with E-state index in [-0.39, 0.29) is 11.9 Å². The highest BCUT2D eigenvalue weighted by atomic mass is 19.1. The van der Waals surface area contributed by atoms with E-state index >= 15 is 0 Å². The van der Waals surface area contributed by atoms with Gasteiger partial charge in [-0.1, -0.05) is 26.7 Å². The van der Waals surface area contributed by atoms with Crippen molar-refractivity contribution in [3.63, 3.8) is 0 Å². The summed E-state index contributed by atoms with van der Waals surface area (Å²) >= 11 is 0. The van der Waals surface area contributed by atoms with Crippen LogP contribution in [-0.2, 0) is 0 Å². The van der Waals surface area contributed by atoms with Gasteiger partial charge in [0.25, 0.3) is 5.91 Å². The standard InChI is InChI=1S/C14H19FN2O/c1-9-4-3-5-12(10(9)2)17-14(18)11-6-7-16-13(15)8-11/h6-10,12H,3-5H2,1-2H3,(H,17,18)/t9?,10-,12+/m0/s1. The summed E-state index contributed by atoms with van der Waals surface area (Å²) in [7, 11) is 0. The molecule has 1 heterocycles. The smallest absolute Gasteiger partial charge is 0.251 e. The van der Waals surface area contributed by atoms with Crippen LogP contribution in [0.3, 0.4) is 0 Å². The molecule has 98 valence electrons. The van der Waals surface area contributed by atoms with Crippen molar-refractivity contribution in [2.24, 2.45) is 11.8 Å². The molecule has 1 aliphatic carbocycles. The Morgan fingerprint density at radius 3 is 2.94 bits per heavy atom. The van der Waals surface area contributed by atoms with Gasteiger partial charge in [-0.05, 0) is 24.3 Å². The van der Waals surface area contributed by atoms with Gasteiger partial charge >= 0.3 is 0 Å². The maximum Gasteiger partial charge on any atom is 0.251 e. The number of amides is 1. The van der Waals surface area contributed by atoms with Crippen LogP contribution < -0.4 is 5.32 Å². The first-order valence-corrected chi connectivity index (χ1v) is 6.50. The molecule has 4 heteroatoms. The van der Waals surface area contributed by atoms with Crippen molar-refractivity contribution in [3.05, 3.63) is 29.8 Å². The number of halogens is 1. The number of hydrogen-bond donors (Lipinski definition) is 1. The van der Waals surface area contributed by atoms with Crippen LogP contribution in [0.2, 0.25) is 0 Å². The summed E-state index contributed by atoms with van der Waals surface area (Å²) in [6, 6.07) is 2.90. The number of aromatic nitrogens is 1. The quantitative estimate of drug-likeness (QED) is 0.820. The molecule has 1 aromatic rings. The third-order valence-corrected chi connectivity index (χ3v) is 4.01. The SMILES string of the molecule is CC1CCC[C@@H](NC(=O)c2ccnc(F)c2)[C@H]1C. The molecule has 18 heavy (non-hydrogen) atoms. The zero-order valence-electron chi connectivity index (χ0n) is 10.8. The van der Waals surface area contributed by atoms with E-state index in [1.54, 1.807) is 0 Å². The van der Waals surface area contributed by atoms with Crippen molar-refractivity contribution < 1.29 is 9.18 Å². The number of nitrogens with zero attached hydrogens (tertiary/aromatic N) is 1. The van der Waals surface area contributed by atoms with Crippen LogP contribution in [0.15, 0.2) is 18.3 Å². The van der Waals surface area contributed by atoms with Gasteiger partial charge in [-0.3, -0.25) is 4.79 Å². The lowest BCUT2D eigenvalue weighted by atomic mass is 9.78. The molecule has 1 unspecified atom stereocenters. The number of carbonyl (C=O) groups is 1. The minimum absolute atomic E-state index is 0.192. The van der Waals surface area contributed by atoms with E-state index in [2.05, 4.69) is 24.1 Å². The van der Waals surface area contributed by atoms with E-state index in [0.717, 1.165) is 12.8 Å². The second-order valence-electron chi connectivity index (χ2n) is 5.21. The minimum Gasteiger partial charge on any atom is -0.349 e. The average Bonchev–Trinajstić information content (AvgIpc) is 2.35. The Kier molecular flexibility index (Phi) is 3.94. The first kappa shape index (κ1) is 13.0. The maximum atomic E-state index is 13.0. The van der Waals surface area contributed by atoms with Crippen LogP contribution >= 0.6 is 0 Å². The zero-order valence-corrected chi connectivity index (χ0v) is 10.8. The van der Waals surface area contributed by atoms with E-state index in [1.165, 1.54) is 24.8 Å². The van der Waals surface area contributed by atoms with Gasteiger partial charge in [0, 0.05) is 23.9 Å². The Balaban J connectivity index is 2.03. The van der Waals surface area contributed by atoms with Gasteiger partial charge in [0.1, 0.15) is 0 Å². The normalized spacial score (nSPS) is 27.8. The van der Waals surface area contributed by atoms with Crippen LogP contribution in [0.5, 0.6) is 0 Å². The third-order valence-electron chi connectivity index (χ3n) is 4.01. The van der Waals surface area contributed by atoms with E-state index < -0.39 is 5.95 Å². The minimum atomic E-state index is -0.618. The Morgan fingerprint density at radius 1 is 1.44 bits per heavy atom. The molecule has 1 amide bonds. The number of rotatable bonds is 2. The number of hydrogen-bond acceptors (Lipinski definition) is 2. The fraction of sp³-hybridized carbons (Fsp3) is 0.571. The molecule has 1 aromatic heterocycles. The van der Waals surface area contributed by atoms with Crippen LogP contribution in [-0.4, -0.2) is 16.9 Å². The monoisotopic (exact) mass is 250 g/mol. The largest absolute Gasteiger partial charge is 0.349 e. The van der Waals surface area contributed by atoms with Crippen LogP contribution in [0.1, 0.15) is 43.5 Å². The first-order chi connectivity index (χ1) is 8.58. The van der Waals surface area contributed by atoms with Gasteiger partial charge in [-0.2, -0.15) is 4.39 Å². The highest BCUT2D eigenvalue weighted by Crippen LogP contribution is 2.29. The molecule has 1 aliphatic rings. The van der Waals surface area contributed by atoms with Crippen molar-refractivity contribution in [1.29, 1.82) is 0 Å². The van der Waals surface area contributed by atoms with Crippen molar-refractivity contribution >= 4 is 5.91 Å². The molecule has 1 fully saturated rings. The second kappa shape index (κ2) is 5.46. The lowest BCUT2D eigenvalue weighted by molar-refractivity contribution is 0.0890. The van der Waals surface area contributed by atoms with Crippen molar-refractivity contribution in [1.82, 2.24) is 10.3 Å². The molecular formula is C14H19FN2O. The molecule has 3 nitrogen and oxygen atoms in total. The molecule has 1 saturated carbocycles. The van der Waals surface area contributed by atoms with E-state index in [1.807, 2.05) is 0 Å².